The number of hydrogen-bond donors (Lipinski definition) is 1. The molecule has 2 aromatic carbocycles. The highest BCUT2D eigenvalue weighted by atomic mass is 35.5. The van der Waals surface area contributed by atoms with E-state index in [2.05, 4.69) is 16.2 Å². The lowest BCUT2D eigenvalue weighted by molar-refractivity contribution is -0.114. The van der Waals surface area contributed by atoms with Crippen LogP contribution in [0, 0.1) is 19.3 Å². The van der Waals surface area contributed by atoms with Gasteiger partial charge in [-0.25, -0.2) is 0 Å². The summed E-state index contributed by atoms with van der Waals surface area (Å²) in [6.07, 6.45) is 1.54. The maximum absolute atomic E-state index is 12.5. The topological polar surface area (TPSA) is 96.6 Å². The first-order valence-corrected chi connectivity index (χ1v) is 11.6. The van der Waals surface area contributed by atoms with Gasteiger partial charge in [-0.15, -0.1) is 0 Å². The van der Waals surface area contributed by atoms with E-state index in [-0.39, 0.29) is 18.0 Å². The number of amides is 1. The standard InChI is InChI=1S/C24H23ClN4O4S/c1-13-7-14(2)9-17(8-13)32-5-6-33-21-19(25)11-16(12-20(21)31-4)10-18-22(26)29-24(27-23(18)30)34-15(3)28-29/h7-12,26H,5-6H2,1-4H3/b18-10+,26-22?. The molecule has 10 heteroatoms. The Morgan fingerprint density at radius 3 is 2.50 bits per heavy atom. The number of methoxy groups -OCH3 is 1. The third-order valence-corrected chi connectivity index (χ3v) is 6.02. The normalized spacial score (nSPS) is 16.4. The molecule has 8 nitrogen and oxygen atoms in total. The van der Waals surface area contributed by atoms with E-state index in [0.717, 1.165) is 16.9 Å². The molecule has 0 bridgehead atoms. The van der Waals surface area contributed by atoms with Gasteiger partial charge in [-0.3, -0.25) is 10.2 Å². The van der Waals surface area contributed by atoms with Crippen LogP contribution in [0.3, 0.4) is 0 Å². The lowest BCUT2D eigenvalue weighted by Crippen LogP contribution is -2.35. The van der Waals surface area contributed by atoms with E-state index in [1.165, 1.54) is 23.9 Å². The van der Waals surface area contributed by atoms with Gasteiger partial charge in [0, 0.05) is 0 Å². The average molecular weight is 499 g/mol. The van der Waals surface area contributed by atoms with Crippen molar-refractivity contribution in [3.8, 4) is 17.2 Å². The molecule has 2 aromatic rings. The van der Waals surface area contributed by atoms with Crippen molar-refractivity contribution in [2.24, 2.45) is 10.1 Å². The van der Waals surface area contributed by atoms with Gasteiger partial charge in [0.05, 0.1) is 22.7 Å². The van der Waals surface area contributed by atoms with Crippen molar-refractivity contribution in [1.82, 2.24) is 5.01 Å². The predicted molar refractivity (Wildman–Crippen MR) is 136 cm³/mol. The lowest BCUT2D eigenvalue weighted by atomic mass is 10.1. The summed E-state index contributed by atoms with van der Waals surface area (Å²) in [5.74, 6) is 1.00. The van der Waals surface area contributed by atoms with E-state index in [1.54, 1.807) is 25.1 Å². The Morgan fingerprint density at radius 2 is 1.79 bits per heavy atom. The van der Waals surface area contributed by atoms with Crippen LogP contribution in [0.4, 0.5) is 0 Å². The second kappa shape index (κ2) is 9.90. The molecule has 2 heterocycles. The molecule has 0 saturated heterocycles. The van der Waals surface area contributed by atoms with Gasteiger partial charge < -0.3 is 14.2 Å². The van der Waals surface area contributed by atoms with Crippen molar-refractivity contribution in [2.45, 2.75) is 20.8 Å². The SMILES string of the molecule is COc1cc(/C=C2\C(=N)N3N=C(C)SC3=NC2=O)cc(Cl)c1OCCOc1cc(C)cc(C)c1. The average Bonchev–Trinajstić information content (AvgIpc) is 3.14. The third kappa shape index (κ3) is 5.10. The van der Waals surface area contributed by atoms with E-state index in [1.807, 2.05) is 26.0 Å². The zero-order valence-electron chi connectivity index (χ0n) is 19.1. The molecule has 34 heavy (non-hydrogen) atoms. The van der Waals surface area contributed by atoms with E-state index in [4.69, 9.17) is 31.2 Å². The van der Waals surface area contributed by atoms with Crippen LogP contribution >= 0.6 is 23.4 Å². The molecule has 0 saturated carbocycles. The molecule has 0 fully saturated rings. The van der Waals surface area contributed by atoms with Crippen molar-refractivity contribution in [2.75, 3.05) is 20.3 Å². The maximum Gasteiger partial charge on any atom is 0.283 e. The van der Waals surface area contributed by atoms with Crippen molar-refractivity contribution in [3.63, 3.8) is 0 Å². The number of rotatable bonds is 7. The minimum absolute atomic E-state index is 0.0432. The van der Waals surface area contributed by atoms with Gasteiger partial charge in [0.25, 0.3) is 5.91 Å². The monoisotopic (exact) mass is 498 g/mol. The number of halogens is 1. The third-order valence-electron chi connectivity index (χ3n) is 4.91. The summed E-state index contributed by atoms with van der Waals surface area (Å²) < 4.78 is 17.1. The summed E-state index contributed by atoms with van der Waals surface area (Å²) >= 11 is 7.73. The highest BCUT2D eigenvalue weighted by Gasteiger charge is 2.34. The first kappa shape index (κ1) is 23.8. The number of nitrogens with one attached hydrogen (secondary N) is 1. The first-order chi connectivity index (χ1) is 16.2. The Balaban J connectivity index is 1.48. The second-order valence-corrected chi connectivity index (χ2v) is 9.26. The molecule has 0 unspecified atom stereocenters. The van der Waals surface area contributed by atoms with Crippen LogP contribution in [-0.4, -0.2) is 47.3 Å². The van der Waals surface area contributed by atoms with Gasteiger partial charge in [0.2, 0.25) is 5.17 Å². The molecule has 0 aliphatic carbocycles. The Labute approximate surface area is 206 Å². The Kier molecular flexibility index (Phi) is 6.95. The molecule has 2 aliphatic rings. The Bertz CT molecular complexity index is 1250. The highest BCUT2D eigenvalue weighted by molar-refractivity contribution is 8.26. The number of hydrazone groups is 1. The molecule has 4 rings (SSSR count). The zero-order chi connectivity index (χ0) is 24.4. The zero-order valence-corrected chi connectivity index (χ0v) is 20.7. The second-order valence-electron chi connectivity index (χ2n) is 7.69. The van der Waals surface area contributed by atoms with Crippen LogP contribution in [0.15, 0.2) is 46.0 Å². The molecule has 0 radical (unpaired) electrons. The Hall–Kier alpha value is -3.30. The molecule has 176 valence electrons. The largest absolute Gasteiger partial charge is 0.493 e. The highest BCUT2D eigenvalue weighted by Crippen LogP contribution is 2.37. The van der Waals surface area contributed by atoms with E-state index in [9.17, 15) is 4.79 Å². The van der Waals surface area contributed by atoms with E-state index < -0.39 is 5.91 Å². The van der Waals surface area contributed by atoms with Crippen molar-refractivity contribution < 1.29 is 19.0 Å². The fourth-order valence-corrected chi connectivity index (χ4v) is 4.54. The molecular formula is C24H23ClN4O4S. The van der Waals surface area contributed by atoms with E-state index >= 15 is 0 Å². The summed E-state index contributed by atoms with van der Waals surface area (Å²) in [6.45, 7) is 6.42. The van der Waals surface area contributed by atoms with Gasteiger partial charge in [-0.05, 0) is 79.6 Å². The number of aliphatic imine (C=N–C) groups is 1. The van der Waals surface area contributed by atoms with Gasteiger partial charge >= 0.3 is 0 Å². The number of hydrogen-bond acceptors (Lipinski definition) is 7. The van der Waals surface area contributed by atoms with Crippen molar-refractivity contribution >= 4 is 51.4 Å². The number of aryl methyl sites for hydroxylation is 2. The molecule has 1 amide bonds. The quantitative estimate of drug-likeness (QED) is 0.423. The summed E-state index contributed by atoms with van der Waals surface area (Å²) in [4.78, 5) is 16.5. The van der Waals surface area contributed by atoms with Crippen LogP contribution in [-0.2, 0) is 4.79 Å². The number of fused-ring (bicyclic) bond motifs is 1. The number of benzene rings is 2. The Morgan fingerprint density at radius 1 is 1.09 bits per heavy atom. The van der Waals surface area contributed by atoms with Gasteiger partial charge in [-0.2, -0.15) is 15.1 Å². The van der Waals surface area contributed by atoms with E-state index in [0.29, 0.717) is 38.9 Å². The van der Waals surface area contributed by atoms with Crippen LogP contribution in [0.5, 0.6) is 17.2 Å². The lowest BCUT2D eigenvalue weighted by Gasteiger charge is -2.20. The number of nitrogens with zero attached hydrogens (tertiary/aromatic N) is 3. The van der Waals surface area contributed by atoms with Gasteiger partial charge in [0.15, 0.2) is 17.3 Å². The number of carbonyl (C=O) groups excluding carboxylic acids is 1. The molecule has 0 atom stereocenters. The number of thioether (sulfide) groups is 1. The fraction of sp³-hybridized carbons (Fsp3) is 0.250. The molecule has 2 aliphatic heterocycles. The van der Waals surface area contributed by atoms with Crippen LogP contribution in [0.25, 0.3) is 6.08 Å². The smallest absolute Gasteiger partial charge is 0.283 e. The summed E-state index contributed by atoms with van der Waals surface area (Å²) in [5, 5.41) is 15.4. The fourth-order valence-electron chi connectivity index (χ4n) is 3.54. The maximum atomic E-state index is 12.5. The number of amidine groups is 2. The van der Waals surface area contributed by atoms with Gasteiger partial charge in [-0.1, -0.05) is 17.7 Å². The van der Waals surface area contributed by atoms with Crippen LogP contribution in [0.2, 0.25) is 5.02 Å². The molecular weight excluding hydrogens is 476 g/mol. The predicted octanol–water partition coefficient (Wildman–Crippen LogP) is 5.06. The number of ether oxygens (including phenoxy) is 3. The first-order valence-electron chi connectivity index (χ1n) is 10.4. The minimum Gasteiger partial charge on any atom is -0.493 e. The van der Waals surface area contributed by atoms with Crippen molar-refractivity contribution in [1.29, 1.82) is 5.41 Å². The molecule has 0 spiro atoms. The van der Waals surface area contributed by atoms with Gasteiger partial charge in [0.1, 0.15) is 19.0 Å². The summed E-state index contributed by atoms with van der Waals surface area (Å²) in [7, 11) is 1.50. The van der Waals surface area contributed by atoms with Crippen molar-refractivity contribution in [3.05, 3.63) is 57.6 Å². The number of carbonyl (C=O) groups is 1. The van der Waals surface area contributed by atoms with Crippen LogP contribution < -0.4 is 14.2 Å². The minimum atomic E-state index is -0.507. The molecule has 1 N–H and O–H groups in total. The summed E-state index contributed by atoms with van der Waals surface area (Å²) in [5.41, 5.74) is 2.93. The summed E-state index contributed by atoms with van der Waals surface area (Å²) in [6, 6.07) is 9.34. The molecule has 0 aromatic heterocycles. The van der Waals surface area contributed by atoms with Crippen LogP contribution in [0.1, 0.15) is 23.6 Å².